The maximum Gasteiger partial charge on any atom is 0.339 e. The van der Waals surface area contributed by atoms with Crippen LogP contribution in [0, 0.1) is 0 Å². The molecule has 0 spiro atoms. The van der Waals surface area contributed by atoms with Gasteiger partial charge in [-0.15, -0.1) is 0 Å². The average molecular weight is 263 g/mol. The lowest BCUT2D eigenvalue weighted by molar-refractivity contribution is -0.142. The number of aromatic carboxylic acids is 1. The Morgan fingerprint density at radius 1 is 1.53 bits per heavy atom. The van der Waals surface area contributed by atoms with Crippen molar-refractivity contribution >= 4 is 23.4 Å². The number of ether oxygens (including phenoxy) is 1. The summed E-state index contributed by atoms with van der Waals surface area (Å²) in [6, 6.07) is 2.99. The van der Waals surface area contributed by atoms with Gasteiger partial charge in [-0.3, -0.25) is 9.20 Å². The first-order valence-corrected chi connectivity index (χ1v) is 5.69. The van der Waals surface area contributed by atoms with Crippen LogP contribution in [-0.2, 0) is 16.0 Å². The third-order valence-electron chi connectivity index (χ3n) is 2.61. The second kappa shape index (κ2) is 4.97. The van der Waals surface area contributed by atoms with E-state index >= 15 is 0 Å². The second-order valence-electron chi connectivity index (χ2n) is 3.85. The lowest BCUT2D eigenvalue weighted by Gasteiger charge is -2.00. The van der Waals surface area contributed by atoms with Gasteiger partial charge in [-0.1, -0.05) is 0 Å². The minimum atomic E-state index is -1.10. The van der Waals surface area contributed by atoms with E-state index in [0.29, 0.717) is 5.69 Å². The molecule has 2 aromatic rings. The summed E-state index contributed by atoms with van der Waals surface area (Å²) in [6.07, 6.45) is 1.51. The van der Waals surface area contributed by atoms with Crippen molar-refractivity contribution < 1.29 is 19.4 Å². The Hall–Kier alpha value is -2.57. The van der Waals surface area contributed by atoms with Crippen LogP contribution < -0.4 is 5.73 Å². The molecule has 0 amide bonds. The summed E-state index contributed by atoms with van der Waals surface area (Å²) in [5.41, 5.74) is 6.41. The number of pyridine rings is 1. The third kappa shape index (κ3) is 2.35. The Labute approximate surface area is 108 Å². The van der Waals surface area contributed by atoms with E-state index in [-0.39, 0.29) is 30.1 Å². The molecule has 19 heavy (non-hydrogen) atoms. The van der Waals surface area contributed by atoms with Gasteiger partial charge in [0.15, 0.2) is 5.65 Å². The Kier molecular flexibility index (Phi) is 3.37. The zero-order valence-corrected chi connectivity index (χ0v) is 10.3. The van der Waals surface area contributed by atoms with Crippen LogP contribution in [0.15, 0.2) is 18.3 Å². The van der Waals surface area contributed by atoms with Crippen molar-refractivity contribution in [3.63, 3.8) is 0 Å². The van der Waals surface area contributed by atoms with Crippen molar-refractivity contribution in [2.75, 3.05) is 12.3 Å². The number of nitrogens with zero attached hydrogens (tertiary/aromatic N) is 2. The largest absolute Gasteiger partial charge is 0.478 e. The highest BCUT2D eigenvalue weighted by Crippen LogP contribution is 2.19. The lowest BCUT2D eigenvalue weighted by atomic mass is 10.3. The lowest BCUT2D eigenvalue weighted by Crippen LogP contribution is -2.09. The van der Waals surface area contributed by atoms with Crippen LogP contribution in [-0.4, -0.2) is 33.0 Å². The number of rotatable bonds is 4. The highest BCUT2D eigenvalue weighted by atomic mass is 16.5. The predicted octanol–water partition coefficient (Wildman–Crippen LogP) is 0.720. The highest BCUT2D eigenvalue weighted by molar-refractivity contribution is 5.95. The first-order valence-electron chi connectivity index (χ1n) is 5.69. The molecule has 0 aromatic carbocycles. The van der Waals surface area contributed by atoms with Crippen LogP contribution in [0.1, 0.15) is 23.0 Å². The predicted molar refractivity (Wildman–Crippen MR) is 66.9 cm³/mol. The van der Waals surface area contributed by atoms with Gasteiger partial charge in [-0.2, -0.15) is 0 Å². The number of fused-ring (bicyclic) bond motifs is 1. The van der Waals surface area contributed by atoms with Gasteiger partial charge in [0.2, 0.25) is 0 Å². The van der Waals surface area contributed by atoms with Crippen LogP contribution in [0.25, 0.3) is 5.65 Å². The van der Waals surface area contributed by atoms with E-state index < -0.39 is 11.9 Å². The van der Waals surface area contributed by atoms with Crippen molar-refractivity contribution in [2.24, 2.45) is 0 Å². The van der Waals surface area contributed by atoms with Gasteiger partial charge in [0.05, 0.1) is 18.7 Å². The number of carbonyl (C=O) groups is 2. The van der Waals surface area contributed by atoms with E-state index in [1.807, 2.05) is 0 Å². The van der Waals surface area contributed by atoms with Crippen molar-refractivity contribution in [1.82, 2.24) is 9.38 Å². The van der Waals surface area contributed by atoms with Gasteiger partial charge < -0.3 is 15.6 Å². The zero-order valence-electron chi connectivity index (χ0n) is 10.3. The van der Waals surface area contributed by atoms with Gasteiger partial charge in [0, 0.05) is 6.20 Å². The van der Waals surface area contributed by atoms with Crippen LogP contribution in [0.5, 0.6) is 0 Å². The zero-order chi connectivity index (χ0) is 14.0. The average Bonchev–Trinajstić information content (AvgIpc) is 2.66. The number of hydrogen-bond donors (Lipinski definition) is 2. The Balaban J connectivity index is 2.47. The summed E-state index contributed by atoms with van der Waals surface area (Å²) in [4.78, 5) is 26.6. The Bertz CT molecular complexity index is 648. The number of nitrogens with two attached hydrogens (primary N) is 1. The minimum absolute atomic E-state index is 0.0318. The molecule has 0 aliphatic rings. The van der Waals surface area contributed by atoms with Gasteiger partial charge in [0.25, 0.3) is 0 Å². The molecule has 3 N–H and O–H groups in total. The molecule has 7 heteroatoms. The molecule has 0 aliphatic carbocycles. The summed E-state index contributed by atoms with van der Waals surface area (Å²) in [7, 11) is 0. The summed E-state index contributed by atoms with van der Waals surface area (Å²) < 4.78 is 6.26. The molecule has 0 atom stereocenters. The van der Waals surface area contributed by atoms with Gasteiger partial charge in [0.1, 0.15) is 11.4 Å². The molecule has 0 bridgehead atoms. The van der Waals surface area contributed by atoms with E-state index in [0.717, 1.165) is 0 Å². The van der Waals surface area contributed by atoms with Crippen molar-refractivity contribution in [3.8, 4) is 0 Å². The van der Waals surface area contributed by atoms with Crippen molar-refractivity contribution in [2.45, 2.75) is 13.3 Å². The molecule has 0 aliphatic heterocycles. The monoisotopic (exact) mass is 263 g/mol. The number of hydrogen-bond acceptors (Lipinski definition) is 5. The van der Waals surface area contributed by atoms with Crippen molar-refractivity contribution in [1.29, 1.82) is 0 Å². The number of aromatic nitrogens is 2. The number of nitrogen functional groups attached to an aromatic ring is 1. The van der Waals surface area contributed by atoms with Gasteiger partial charge >= 0.3 is 11.9 Å². The minimum Gasteiger partial charge on any atom is -0.478 e. The van der Waals surface area contributed by atoms with Crippen LogP contribution >= 0.6 is 0 Å². The van der Waals surface area contributed by atoms with Crippen LogP contribution in [0.2, 0.25) is 0 Å². The fourth-order valence-electron chi connectivity index (χ4n) is 1.78. The maximum atomic E-state index is 11.4. The first-order chi connectivity index (χ1) is 9.04. The molecular formula is C12H13N3O4. The number of imidazole rings is 1. The van der Waals surface area contributed by atoms with E-state index in [4.69, 9.17) is 15.6 Å². The third-order valence-corrected chi connectivity index (χ3v) is 2.61. The summed E-state index contributed by atoms with van der Waals surface area (Å²) in [5.74, 6) is -1.31. The highest BCUT2D eigenvalue weighted by Gasteiger charge is 2.18. The first kappa shape index (κ1) is 12.9. The van der Waals surface area contributed by atoms with Crippen molar-refractivity contribution in [3.05, 3.63) is 29.6 Å². The maximum absolute atomic E-state index is 11.4. The standard InChI is InChI=1S/C12H13N3O4/c1-2-19-9(16)6-8-10(13)15-5-3-4-7(12(17)18)11(15)14-8/h3-5H,2,6,13H2,1H3,(H,17,18). The molecule has 2 heterocycles. The smallest absolute Gasteiger partial charge is 0.339 e. The molecule has 0 saturated heterocycles. The normalized spacial score (nSPS) is 10.6. The molecule has 100 valence electrons. The van der Waals surface area contributed by atoms with Crippen LogP contribution in [0.3, 0.4) is 0 Å². The topological polar surface area (TPSA) is 107 Å². The summed E-state index contributed by atoms with van der Waals surface area (Å²) >= 11 is 0. The number of carboxylic acids is 1. The van der Waals surface area contributed by atoms with E-state index in [1.54, 1.807) is 19.2 Å². The van der Waals surface area contributed by atoms with E-state index in [9.17, 15) is 9.59 Å². The molecule has 0 radical (unpaired) electrons. The van der Waals surface area contributed by atoms with Gasteiger partial charge in [-0.25, -0.2) is 9.78 Å². The van der Waals surface area contributed by atoms with E-state index in [1.165, 1.54) is 10.5 Å². The van der Waals surface area contributed by atoms with Gasteiger partial charge in [-0.05, 0) is 19.1 Å². The Morgan fingerprint density at radius 3 is 2.89 bits per heavy atom. The molecule has 7 nitrogen and oxygen atoms in total. The molecule has 0 unspecified atom stereocenters. The summed E-state index contributed by atoms with van der Waals surface area (Å²) in [6.45, 7) is 1.97. The summed E-state index contributed by atoms with van der Waals surface area (Å²) in [5, 5.41) is 9.06. The number of anilines is 1. The molecule has 2 rings (SSSR count). The van der Waals surface area contributed by atoms with Crippen LogP contribution in [0.4, 0.5) is 5.82 Å². The molecule has 0 saturated carbocycles. The quantitative estimate of drug-likeness (QED) is 0.787. The number of carboxylic acid groups (broad SMARTS) is 1. The number of carbonyl (C=O) groups excluding carboxylic acids is 1. The SMILES string of the molecule is CCOC(=O)Cc1nc2c(C(=O)O)cccn2c1N. The molecule has 2 aromatic heterocycles. The van der Waals surface area contributed by atoms with E-state index in [2.05, 4.69) is 4.98 Å². The Morgan fingerprint density at radius 2 is 2.26 bits per heavy atom. The fraction of sp³-hybridized carbons (Fsp3) is 0.250. The molecular weight excluding hydrogens is 250 g/mol. The molecule has 0 fully saturated rings. The number of esters is 1. The fourth-order valence-corrected chi connectivity index (χ4v) is 1.78. The second-order valence-corrected chi connectivity index (χ2v) is 3.85.